The molecule has 0 aromatic heterocycles. The number of rotatable bonds is 7. The molecule has 0 aliphatic rings. The highest BCUT2D eigenvalue weighted by Gasteiger charge is 2.23. The minimum atomic E-state index is -0.859. The Morgan fingerprint density at radius 2 is 1.78 bits per heavy atom. The molecule has 2 aromatic carbocycles. The Hall–Kier alpha value is -2.77. The van der Waals surface area contributed by atoms with Gasteiger partial charge in [-0.3, -0.25) is 9.59 Å². The summed E-state index contributed by atoms with van der Waals surface area (Å²) in [6.45, 7) is -0.0269. The van der Waals surface area contributed by atoms with Crippen molar-refractivity contribution in [1.82, 2.24) is 4.90 Å². The normalized spacial score (nSPS) is 10.2. The van der Waals surface area contributed by atoms with Gasteiger partial charge in [-0.2, -0.15) is 0 Å². The maximum atomic E-state index is 12.6. The van der Waals surface area contributed by atoms with Gasteiger partial charge in [-0.05, 0) is 5.56 Å². The van der Waals surface area contributed by atoms with Crippen LogP contribution >= 0.6 is 11.6 Å². The second kappa shape index (κ2) is 9.80. The van der Waals surface area contributed by atoms with Gasteiger partial charge in [0.25, 0.3) is 0 Å². The molecule has 2 rings (SSSR count). The number of nitrogens with zero attached hydrogens (tertiary/aromatic N) is 1. The number of hydrogen-bond donors (Lipinski definition) is 2. The topological polar surface area (TPSA) is 88.1 Å². The lowest BCUT2D eigenvalue weighted by atomic mass is 10.2. The standard InChI is InChI=1S/C19H21ClN2O5/c1-26-16-11-15(17(27-2)10-14(16)20)21-18(24)19(25)22(8-9-23)12-13-6-4-3-5-7-13/h3-7,10-11,23H,8-9,12H2,1-2H3,(H,21,24). The monoisotopic (exact) mass is 392 g/mol. The smallest absolute Gasteiger partial charge is 0.314 e. The number of aliphatic hydroxyl groups is 1. The van der Waals surface area contributed by atoms with Crippen molar-refractivity contribution in [2.75, 3.05) is 32.7 Å². The van der Waals surface area contributed by atoms with E-state index in [2.05, 4.69) is 5.32 Å². The molecule has 2 amide bonds. The number of carbonyl (C=O) groups is 2. The van der Waals surface area contributed by atoms with Crippen molar-refractivity contribution in [1.29, 1.82) is 0 Å². The highest BCUT2D eigenvalue weighted by Crippen LogP contribution is 2.35. The van der Waals surface area contributed by atoms with E-state index in [-0.39, 0.29) is 25.4 Å². The predicted molar refractivity (Wildman–Crippen MR) is 102 cm³/mol. The first-order valence-electron chi connectivity index (χ1n) is 8.16. The molecule has 0 radical (unpaired) electrons. The van der Waals surface area contributed by atoms with Gasteiger partial charge in [0.1, 0.15) is 11.5 Å². The highest BCUT2D eigenvalue weighted by molar-refractivity contribution is 6.39. The first-order valence-corrected chi connectivity index (χ1v) is 8.54. The summed E-state index contributed by atoms with van der Waals surface area (Å²) in [6, 6.07) is 12.2. The van der Waals surface area contributed by atoms with Crippen LogP contribution in [0.25, 0.3) is 0 Å². The van der Waals surface area contributed by atoms with Gasteiger partial charge < -0.3 is 24.8 Å². The molecule has 0 bridgehead atoms. The van der Waals surface area contributed by atoms with Gasteiger partial charge in [0, 0.05) is 25.2 Å². The Bertz CT molecular complexity index is 798. The van der Waals surface area contributed by atoms with Gasteiger partial charge in [0.05, 0.1) is 31.5 Å². The van der Waals surface area contributed by atoms with Crippen molar-refractivity contribution in [2.45, 2.75) is 6.54 Å². The third kappa shape index (κ3) is 5.35. The average Bonchev–Trinajstić information content (AvgIpc) is 2.68. The Morgan fingerprint density at radius 1 is 1.11 bits per heavy atom. The van der Waals surface area contributed by atoms with E-state index in [0.717, 1.165) is 5.56 Å². The average molecular weight is 393 g/mol. The van der Waals surface area contributed by atoms with Gasteiger partial charge in [-0.1, -0.05) is 41.9 Å². The van der Waals surface area contributed by atoms with Crippen LogP contribution in [-0.2, 0) is 16.1 Å². The van der Waals surface area contributed by atoms with Crippen LogP contribution in [0.15, 0.2) is 42.5 Å². The molecule has 27 heavy (non-hydrogen) atoms. The lowest BCUT2D eigenvalue weighted by molar-refractivity contribution is -0.143. The fraction of sp³-hybridized carbons (Fsp3) is 0.263. The number of halogens is 1. The van der Waals surface area contributed by atoms with Gasteiger partial charge in [0.15, 0.2) is 0 Å². The Morgan fingerprint density at radius 3 is 2.37 bits per heavy atom. The van der Waals surface area contributed by atoms with Gasteiger partial charge in [-0.15, -0.1) is 0 Å². The van der Waals surface area contributed by atoms with E-state index >= 15 is 0 Å². The van der Waals surface area contributed by atoms with E-state index in [4.69, 9.17) is 21.1 Å². The maximum absolute atomic E-state index is 12.6. The molecule has 0 unspecified atom stereocenters. The van der Waals surface area contributed by atoms with Crippen LogP contribution in [0.2, 0.25) is 5.02 Å². The molecule has 2 N–H and O–H groups in total. The number of anilines is 1. The first-order chi connectivity index (χ1) is 13.0. The van der Waals surface area contributed by atoms with Crippen LogP contribution in [0.5, 0.6) is 11.5 Å². The summed E-state index contributed by atoms with van der Waals surface area (Å²) in [6.07, 6.45) is 0. The molecule has 144 valence electrons. The molecular formula is C19H21ClN2O5. The number of nitrogens with one attached hydrogen (secondary N) is 1. The first kappa shape index (κ1) is 20.5. The number of ether oxygens (including phenoxy) is 2. The number of amides is 2. The van der Waals surface area contributed by atoms with Gasteiger partial charge in [0.2, 0.25) is 0 Å². The second-order valence-corrected chi connectivity index (χ2v) is 5.98. The van der Waals surface area contributed by atoms with E-state index in [1.54, 1.807) is 0 Å². The molecule has 0 saturated carbocycles. The SMILES string of the molecule is COc1cc(NC(=O)C(=O)N(CCO)Cc2ccccc2)c(OC)cc1Cl. The Labute approximate surface area is 162 Å². The zero-order chi connectivity index (χ0) is 19.8. The number of hydrogen-bond acceptors (Lipinski definition) is 5. The van der Waals surface area contributed by atoms with Crippen LogP contribution in [0, 0.1) is 0 Å². The highest BCUT2D eigenvalue weighted by atomic mass is 35.5. The fourth-order valence-electron chi connectivity index (χ4n) is 2.45. The second-order valence-electron chi connectivity index (χ2n) is 5.58. The molecule has 0 fully saturated rings. The van der Waals surface area contributed by atoms with E-state index in [1.807, 2.05) is 30.3 Å². The van der Waals surface area contributed by atoms with Crippen LogP contribution in [0.3, 0.4) is 0 Å². The molecule has 0 saturated heterocycles. The molecule has 0 spiro atoms. The van der Waals surface area contributed by atoms with Crippen molar-refractivity contribution in [2.24, 2.45) is 0 Å². The van der Waals surface area contributed by atoms with Gasteiger partial charge in [-0.25, -0.2) is 0 Å². The molecule has 2 aromatic rings. The lowest BCUT2D eigenvalue weighted by Gasteiger charge is -2.21. The summed E-state index contributed by atoms with van der Waals surface area (Å²) in [7, 11) is 2.86. The Kier molecular flexibility index (Phi) is 7.45. The van der Waals surface area contributed by atoms with Crippen molar-refractivity contribution in [3.8, 4) is 11.5 Å². The minimum Gasteiger partial charge on any atom is -0.495 e. The number of carbonyl (C=O) groups excluding carboxylic acids is 2. The van der Waals surface area contributed by atoms with E-state index < -0.39 is 11.8 Å². The third-order valence-electron chi connectivity index (χ3n) is 3.79. The van der Waals surface area contributed by atoms with Crippen molar-refractivity contribution < 1.29 is 24.2 Å². The summed E-state index contributed by atoms with van der Waals surface area (Å²) in [5, 5.41) is 12.1. The molecule has 7 nitrogen and oxygen atoms in total. The Balaban J connectivity index is 2.18. The minimum absolute atomic E-state index is 0.0300. The number of methoxy groups -OCH3 is 2. The van der Waals surface area contributed by atoms with Crippen molar-refractivity contribution in [3.63, 3.8) is 0 Å². The summed E-state index contributed by atoms with van der Waals surface area (Å²) < 4.78 is 10.3. The molecular weight excluding hydrogens is 372 g/mol. The van der Waals surface area contributed by atoms with E-state index in [1.165, 1.54) is 31.3 Å². The van der Waals surface area contributed by atoms with Crippen LogP contribution < -0.4 is 14.8 Å². The zero-order valence-corrected chi connectivity index (χ0v) is 15.8. The van der Waals surface area contributed by atoms with Crippen LogP contribution in [-0.4, -0.2) is 49.2 Å². The zero-order valence-electron chi connectivity index (χ0n) is 15.1. The molecule has 0 aliphatic heterocycles. The fourth-order valence-corrected chi connectivity index (χ4v) is 2.69. The summed E-state index contributed by atoms with van der Waals surface area (Å²) in [5.41, 5.74) is 1.10. The molecule has 0 atom stereocenters. The van der Waals surface area contributed by atoms with Crippen LogP contribution in [0.1, 0.15) is 5.56 Å². The van der Waals surface area contributed by atoms with Crippen molar-refractivity contribution in [3.05, 3.63) is 53.1 Å². The molecule has 0 aliphatic carbocycles. The van der Waals surface area contributed by atoms with Gasteiger partial charge >= 0.3 is 11.8 Å². The van der Waals surface area contributed by atoms with E-state index in [9.17, 15) is 14.7 Å². The summed E-state index contributed by atoms with van der Waals surface area (Å²) >= 11 is 6.04. The van der Waals surface area contributed by atoms with Crippen molar-refractivity contribution >= 4 is 29.1 Å². The number of aliphatic hydroxyl groups excluding tert-OH is 1. The van der Waals surface area contributed by atoms with Crippen LogP contribution in [0.4, 0.5) is 5.69 Å². The maximum Gasteiger partial charge on any atom is 0.314 e. The summed E-state index contributed by atoms with van der Waals surface area (Å²) in [5.74, 6) is -1.01. The predicted octanol–water partition coefficient (Wildman–Crippen LogP) is 2.32. The quantitative estimate of drug-likeness (QED) is 0.706. The third-order valence-corrected chi connectivity index (χ3v) is 4.09. The molecule has 8 heteroatoms. The number of benzene rings is 2. The largest absolute Gasteiger partial charge is 0.495 e. The summed E-state index contributed by atoms with van der Waals surface area (Å²) in [4.78, 5) is 26.3. The lowest BCUT2D eigenvalue weighted by Crippen LogP contribution is -2.40. The van der Waals surface area contributed by atoms with E-state index in [0.29, 0.717) is 16.5 Å². The molecule has 0 heterocycles.